The van der Waals surface area contributed by atoms with E-state index in [1.165, 1.54) is 25.6 Å². The van der Waals surface area contributed by atoms with Crippen molar-refractivity contribution in [3.8, 4) is 0 Å². The molecule has 0 aromatic heterocycles. The topological polar surface area (TPSA) is 78.5 Å². The lowest BCUT2D eigenvalue weighted by Crippen LogP contribution is -2.47. The number of halogens is 2. The standard InChI is InChI=1S/C18H27Cl2N3O3S/c1-11-7-12(2)9-23(8-11)10-13(3)22-18(24)16-14(19)5-6-15(17(16)20)27(25,26)21-4/h5-6,11-13,21H,7-10H2,1-4H3,(H,22,24). The van der Waals surface area contributed by atoms with E-state index in [0.29, 0.717) is 18.4 Å². The van der Waals surface area contributed by atoms with Crippen LogP contribution in [0.25, 0.3) is 0 Å². The Morgan fingerprint density at radius 3 is 2.41 bits per heavy atom. The molecule has 3 atom stereocenters. The van der Waals surface area contributed by atoms with Gasteiger partial charge < -0.3 is 10.2 Å². The van der Waals surface area contributed by atoms with Crippen molar-refractivity contribution in [3.63, 3.8) is 0 Å². The van der Waals surface area contributed by atoms with Gasteiger partial charge in [0.1, 0.15) is 4.90 Å². The predicted molar refractivity (Wildman–Crippen MR) is 109 cm³/mol. The van der Waals surface area contributed by atoms with E-state index in [0.717, 1.165) is 13.1 Å². The molecular formula is C18H27Cl2N3O3S. The molecule has 6 nitrogen and oxygen atoms in total. The first-order valence-corrected chi connectivity index (χ1v) is 11.2. The van der Waals surface area contributed by atoms with Crippen molar-refractivity contribution in [3.05, 3.63) is 27.7 Å². The number of carbonyl (C=O) groups is 1. The number of rotatable bonds is 6. The Hall–Kier alpha value is -0.860. The van der Waals surface area contributed by atoms with Gasteiger partial charge in [-0.3, -0.25) is 4.79 Å². The van der Waals surface area contributed by atoms with Crippen molar-refractivity contribution in [2.24, 2.45) is 11.8 Å². The van der Waals surface area contributed by atoms with E-state index >= 15 is 0 Å². The Balaban J connectivity index is 2.14. The van der Waals surface area contributed by atoms with Gasteiger partial charge in [-0.1, -0.05) is 37.0 Å². The Kier molecular flexibility index (Phi) is 7.55. The molecule has 0 spiro atoms. The maximum absolute atomic E-state index is 12.7. The first-order valence-electron chi connectivity index (χ1n) is 9.00. The van der Waals surface area contributed by atoms with Gasteiger partial charge in [-0.05, 0) is 44.4 Å². The van der Waals surface area contributed by atoms with E-state index in [1.807, 2.05) is 6.92 Å². The zero-order valence-electron chi connectivity index (χ0n) is 16.1. The van der Waals surface area contributed by atoms with E-state index < -0.39 is 15.9 Å². The number of amides is 1. The highest BCUT2D eigenvalue weighted by Gasteiger charge is 2.26. The first kappa shape index (κ1) is 22.4. The lowest BCUT2D eigenvalue weighted by atomic mass is 9.92. The van der Waals surface area contributed by atoms with E-state index in [4.69, 9.17) is 23.2 Å². The van der Waals surface area contributed by atoms with Gasteiger partial charge in [0.05, 0.1) is 15.6 Å². The molecule has 0 aliphatic carbocycles. The van der Waals surface area contributed by atoms with Crippen LogP contribution in [0.3, 0.4) is 0 Å². The predicted octanol–water partition coefficient (Wildman–Crippen LogP) is 3.00. The zero-order valence-corrected chi connectivity index (χ0v) is 18.4. The van der Waals surface area contributed by atoms with E-state index in [2.05, 4.69) is 28.8 Å². The molecule has 9 heteroatoms. The van der Waals surface area contributed by atoms with Gasteiger partial charge in [-0.25, -0.2) is 13.1 Å². The van der Waals surface area contributed by atoms with Crippen molar-refractivity contribution in [1.29, 1.82) is 0 Å². The van der Waals surface area contributed by atoms with Crippen molar-refractivity contribution in [2.75, 3.05) is 26.7 Å². The average Bonchev–Trinajstić information content (AvgIpc) is 2.53. The molecule has 0 bridgehead atoms. The summed E-state index contributed by atoms with van der Waals surface area (Å²) in [5.41, 5.74) is -0.0260. The second-order valence-electron chi connectivity index (χ2n) is 7.48. The third-order valence-corrected chi connectivity index (χ3v) is 6.97. The molecule has 1 aliphatic rings. The Labute approximate surface area is 171 Å². The fourth-order valence-corrected chi connectivity index (χ4v) is 5.38. The van der Waals surface area contributed by atoms with Gasteiger partial charge in [0.2, 0.25) is 10.0 Å². The average molecular weight is 436 g/mol. The second-order valence-corrected chi connectivity index (χ2v) is 10.1. The highest BCUT2D eigenvalue weighted by Crippen LogP contribution is 2.31. The summed E-state index contributed by atoms with van der Waals surface area (Å²) >= 11 is 12.3. The molecule has 27 heavy (non-hydrogen) atoms. The highest BCUT2D eigenvalue weighted by atomic mass is 35.5. The smallest absolute Gasteiger partial charge is 0.254 e. The molecular weight excluding hydrogens is 409 g/mol. The number of benzene rings is 1. The van der Waals surface area contributed by atoms with Crippen LogP contribution in [0.5, 0.6) is 0 Å². The molecule has 3 unspecified atom stereocenters. The fraction of sp³-hybridized carbons (Fsp3) is 0.611. The van der Waals surface area contributed by atoms with Crippen LogP contribution in [0.4, 0.5) is 0 Å². The number of carbonyl (C=O) groups excluding carboxylic acids is 1. The summed E-state index contributed by atoms with van der Waals surface area (Å²) in [6.07, 6.45) is 1.22. The third kappa shape index (κ3) is 5.57. The van der Waals surface area contributed by atoms with Crippen LogP contribution < -0.4 is 10.0 Å². The number of nitrogens with zero attached hydrogens (tertiary/aromatic N) is 1. The molecule has 152 valence electrons. The molecule has 1 amide bonds. The Morgan fingerprint density at radius 1 is 1.26 bits per heavy atom. The van der Waals surface area contributed by atoms with Gasteiger partial charge in [0.25, 0.3) is 5.91 Å². The Bertz CT molecular complexity index is 791. The molecule has 2 N–H and O–H groups in total. The van der Waals surface area contributed by atoms with Crippen LogP contribution in [0, 0.1) is 11.8 Å². The van der Waals surface area contributed by atoms with Crippen molar-refractivity contribution >= 4 is 39.1 Å². The van der Waals surface area contributed by atoms with Crippen molar-refractivity contribution in [1.82, 2.24) is 14.9 Å². The number of nitrogens with one attached hydrogen (secondary N) is 2. The number of hydrogen-bond donors (Lipinski definition) is 2. The number of piperidine rings is 1. The summed E-state index contributed by atoms with van der Waals surface area (Å²) in [5.74, 6) is 0.775. The lowest BCUT2D eigenvalue weighted by Gasteiger charge is -2.36. The van der Waals surface area contributed by atoms with Crippen molar-refractivity contribution < 1.29 is 13.2 Å². The Morgan fingerprint density at radius 2 is 1.85 bits per heavy atom. The SMILES string of the molecule is CNS(=O)(=O)c1ccc(Cl)c(C(=O)NC(C)CN2CC(C)CC(C)C2)c1Cl. The van der Waals surface area contributed by atoms with Crippen LogP contribution in [-0.2, 0) is 10.0 Å². The summed E-state index contributed by atoms with van der Waals surface area (Å²) in [6, 6.07) is 2.52. The van der Waals surface area contributed by atoms with Crippen LogP contribution in [0.2, 0.25) is 10.0 Å². The fourth-order valence-electron chi connectivity index (χ4n) is 3.73. The highest BCUT2D eigenvalue weighted by molar-refractivity contribution is 7.89. The number of sulfonamides is 1. The van der Waals surface area contributed by atoms with Gasteiger partial charge in [-0.15, -0.1) is 0 Å². The van der Waals surface area contributed by atoms with Crippen molar-refractivity contribution in [2.45, 2.75) is 38.1 Å². The second kappa shape index (κ2) is 9.09. The molecule has 1 fully saturated rings. The zero-order chi connectivity index (χ0) is 20.4. The molecule has 1 heterocycles. The van der Waals surface area contributed by atoms with Crippen LogP contribution in [0.1, 0.15) is 37.6 Å². The van der Waals surface area contributed by atoms with Gasteiger partial charge in [0, 0.05) is 25.7 Å². The first-order chi connectivity index (χ1) is 12.5. The number of hydrogen-bond acceptors (Lipinski definition) is 4. The summed E-state index contributed by atoms with van der Waals surface area (Å²) in [6.45, 7) is 9.10. The van der Waals surface area contributed by atoms with E-state index in [-0.39, 0.29) is 26.5 Å². The maximum Gasteiger partial charge on any atom is 0.254 e. The quantitative estimate of drug-likeness (QED) is 0.719. The molecule has 1 aromatic rings. The maximum atomic E-state index is 12.7. The third-order valence-electron chi connectivity index (χ3n) is 4.70. The summed E-state index contributed by atoms with van der Waals surface area (Å²) < 4.78 is 26.3. The normalized spacial score (nSPS) is 22.4. The lowest BCUT2D eigenvalue weighted by molar-refractivity contribution is 0.0905. The van der Waals surface area contributed by atoms with Crippen LogP contribution in [-0.4, -0.2) is 51.9 Å². The minimum atomic E-state index is -3.79. The monoisotopic (exact) mass is 435 g/mol. The largest absolute Gasteiger partial charge is 0.348 e. The molecule has 1 aromatic carbocycles. The summed E-state index contributed by atoms with van der Waals surface area (Å²) in [5, 5.41) is 2.82. The summed E-state index contributed by atoms with van der Waals surface area (Å²) in [4.78, 5) is 14.9. The molecule has 0 saturated carbocycles. The van der Waals surface area contributed by atoms with Crippen LogP contribution >= 0.6 is 23.2 Å². The minimum absolute atomic E-state index is 0.0260. The van der Waals surface area contributed by atoms with Gasteiger partial charge in [0.15, 0.2) is 0 Å². The van der Waals surface area contributed by atoms with E-state index in [1.54, 1.807) is 0 Å². The van der Waals surface area contributed by atoms with Gasteiger partial charge in [-0.2, -0.15) is 0 Å². The van der Waals surface area contributed by atoms with E-state index in [9.17, 15) is 13.2 Å². The van der Waals surface area contributed by atoms with Gasteiger partial charge >= 0.3 is 0 Å². The minimum Gasteiger partial charge on any atom is -0.348 e. The molecule has 0 radical (unpaired) electrons. The molecule has 1 saturated heterocycles. The molecule has 2 rings (SSSR count). The number of likely N-dealkylation sites (tertiary alicyclic amines) is 1. The van der Waals surface area contributed by atoms with Crippen LogP contribution in [0.15, 0.2) is 17.0 Å². The summed E-state index contributed by atoms with van der Waals surface area (Å²) in [7, 11) is -2.51. The molecule has 1 aliphatic heterocycles.